The Hall–Kier alpha value is -1.68. The first-order valence-electron chi connectivity index (χ1n) is 5.96. The van der Waals surface area contributed by atoms with Gasteiger partial charge in [0.25, 0.3) is 0 Å². The molecule has 4 heteroatoms. The highest BCUT2D eigenvalue weighted by Gasteiger charge is 2.38. The molecule has 3 nitrogen and oxygen atoms in total. The van der Waals surface area contributed by atoms with Crippen LogP contribution in [-0.2, 0) is 0 Å². The van der Waals surface area contributed by atoms with Crippen molar-refractivity contribution >= 4 is 17.3 Å². The lowest BCUT2D eigenvalue weighted by atomic mass is 10.1. The maximum Gasteiger partial charge on any atom is 0.356 e. The van der Waals surface area contributed by atoms with E-state index in [-0.39, 0.29) is 5.69 Å². The van der Waals surface area contributed by atoms with Crippen molar-refractivity contribution in [3.8, 4) is 10.4 Å². The topological polar surface area (TPSA) is 50.2 Å². The van der Waals surface area contributed by atoms with Crippen molar-refractivity contribution in [2.45, 2.75) is 19.3 Å². The zero-order valence-electron chi connectivity index (χ0n) is 9.96. The summed E-state index contributed by atoms with van der Waals surface area (Å²) in [4.78, 5) is 16.4. The molecule has 0 bridgehead atoms. The van der Waals surface area contributed by atoms with Crippen molar-refractivity contribution in [1.82, 2.24) is 4.98 Å². The van der Waals surface area contributed by atoms with Crippen LogP contribution in [-0.4, -0.2) is 16.1 Å². The summed E-state index contributed by atoms with van der Waals surface area (Å²) in [5, 5.41) is 10.2. The van der Waals surface area contributed by atoms with Crippen molar-refractivity contribution in [2.75, 3.05) is 0 Å². The Bertz CT molecular complexity index is 591. The first-order valence-corrected chi connectivity index (χ1v) is 6.78. The lowest BCUT2D eigenvalue weighted by Gasteiger charge is -1.97. The predicted octanol–water partition coefficient (Wildman–Crippen LogP) is 3.63. The molecule has 1 saturated carbocycles. The van der Waals surface area contributed by atoms with Crippen LogP contribution >= 0.6 is 11.3 Å². The molecule has 18 heavy (non-hydrogen) atoms. The van der Waals surface area contributed by atoms with Gasteiger partial charge in [-0.05, 0) is 17.9 Å². The third-order valence-electron chi connectivity index (χ3n) is 3.31. The van der Waals surface area contributed by atoms with Crippen LogP contribution in [0.1, 0.15) is 34.8 Å². The van der Waals surface area contributed by atoms with Crippen LogP contribution in [0.5, 0.6) is 0 Å². The minimum absolute atomic E-state index is 0.195. The Kier molecular flexibility index (Phi) is 2.67. The van der Waals surface area contributed by atoms with E-state index in [1.165, 1.54) is 11.3 Å². The van der Waals surface area contributed by atoms with Gasteiger partial charge in [0.15, 0.2) is 5.69 Å². The highest BCUT2D eigenvalue weighted by molar-refractivity contribution is 7.15. The van der Waals surface area contributed by atoms with Gasteiger partial charge in [0, 0.05) is 5.92 Å². The molecule has 1 heterocycles. The average Bonchev–Trinajstić information content (AvgIpc) is 2.94. The van der Waals surface area contributed by atoms with E-state index in [4.69, 9.17) is 0 Å². The van der Waals surface area contributed by atoms with Gasteiger partial charge in [-0.15, -0.1) is 11.3 Å². The van der Waals surface area contributed by atoms with Gasteiger partial charge < -0.3 is 5.11 Å². The predicted molar refractivity (Wildman–Crippen MR) is 71.0 cm³/mol. The molecule has 0 aliphatic heterocycles. The molecule has 0 radical (unpaired) electrons. The van der Waals surface area contributed by atoms with Crippen LogP contribution in [0.15, 0.2) is 30.3 Å². The van der Waals surface area contributed by atoms with E-state index >= 15 is 0 Å². The number of hydrogen-bond acceptors (Lipinski definition) is 3. The van der Waals surface area contributed by atoms with E-state index in [9.17, 15) is 9.90 Å². The smallest absolute Gasteiger partial charge is 0.356 e. The summed E-state index contributed by atoms with van der Waals surface area (Å²) in [7, 11) is 0. The molecule has 1 aliphatic rings. The van der Waals surface area contributed by atoms with Crippen LogP contribution in [0, 0.1) is 5.92 Å². The number of benzene rings is 1. The minimum atomic E-state index is -0.940. The number of nitrogens with zero attached hydrogens (tertiary/aromatic N) is 1. The molecule has 1 N–H and O–H groups in total. The zero-order valence-corrected chi connectivity index (χ0v) is 10.8. The normalized spacial score (nSPS) is 21.8. The molecular weight excluding hydrogens is 246 g/mol. The molecule has 1 aliphatic carbocycles. The maximum absolute atomic E-state index is 11.3. The van der Waals surface area contributed by atoms with Crippen molar-refractivity contribution < 1.29 is 9.90 Å². The summed E-state index contributed by atoms with van der Waals surface area (Å²) in [6.45, 7) is 2.18. The summed E-state index contributed by atoms with van der Waals surface area (Å²) in [6.07, 6.45) is 1.13. The molecule has 1 aromatic heterocycles. The van der Waals surface area contributed by atoms with Crippen LogP contribution in [0.2, 0.25) is 0 Å². The zero-order chi connectivity index (χ0) is 12.7. The Morgan fingerprint density at radius 2 is 2.06 bits per heavy atom. The number of carbonyl (C=O) groups is 1. The van der Waals surface area contributed by atoms with Crippen LogP contribution < -0.4 is 0 Å². The number of rotatable bonds is 3. The molecule has 0 saturated heterocycles. The lowest BCUT2D eigenvalue weighted by molar-refractivity contribution is 0.0692. The van der Waals surface area contributed by atoms with Crippen LogP contribution in [0.4, 0.5) is 0 Å². The number of carboxylic acids is 1. The fourth-order valence-electron chi connectivity index (χ4n) is 2.09. The third-order valence-corrected chi connectivity index (χ3v) is 4.55. The Labute approximate surface area is 109 Å². The summed E-state index contributed by atoms with van der Waals surface area (Å²) < 4.78 is 0. The molecule has 0 amide bonds. The first kappa shape index (κ1) is 11.4. The molecule has 2 unspecified atom stereocenters. The minimum Gasteiger partial charge on any atom is -0.476 e. The second kappa shape index (κ2) is 4.21. The number of hydrogen-bond donors (Lipinski definition) is 1. The quantitative estimate of drug-likeness (QED) is 0.915. The van der Waals surface area contributed by atoms with Crippen molar-refractivity contribution in [3.05, 3.63) is 41.0 Å². The average molecular weight is 259 g/mol. The fourth-order valence-corrected chi connectivity index (χ4v) is 3.40. The summed E-state index contributed by atoms with van der Waals surface area (Å²) >= 11 is 1.52. The highest BCUT2D eigenvalue weighted by Crippen LogP contribution is 2.49. The Morgan fingerprint density at radius 3 is 2.61 bits per heavy atom. The monoisotopic (exact) mass is 259 g/mol. The molecular formula is C14H13NO2S. The summed E-state index contributed by atoms with van der Waals surface area (Å²) in [6, 6.07) is 9.62. The van der Waals surface area contributed by atoms with Crippen molar-refractivity contribution in [1.29, 1.82) is 0 Å². The molecule has 3 rings (SSSR count). The molecule has 1 aromatic carbocycles. The highest BCUT2D eigenvalue weighted by atomic mass is 32.1. The van der Waals surface area contributed by atoms with Gasteiger partial charge >= 0.3 is 5.97 Å². The van der Waals surface area contributed by atoms with Crippen molar-refractivity contribution in [3.63, 3.8) is 0 Å². The van der Waals surface area contributed by atoms with E-state index in [0.29, 0.717) is 11.8 Å². The van der Waals surface area contributed by atoms with Gasteiger partial charge in [0.2, 0.25) is 0 Å². The second-order valence-corrected chi connectivity index (χ2v) is 5.75. The number of thiazole rings is 1. The third kappa shape index (κ3) is 1.93. The van der Waals surface area contributed by atoms with Gasteiger partial charge in [0.1, 0.15) is 0 Å². The lowest BCUT2D eigenvalue weighted by Crippen LogP contribution is -1.99. The molecule has 2 atom stereocenters. The Balaban J connectivity index is 2.07. The number of aromatic nitrogens is 1. The van der Waals surface area contributed by atoms with E-state index in [0.717, 1.165) is 21.9 Å². The van der Waals surface area contributed by atoms with E-state index < -0.39 is 5.97 Å². The number of aromatic carboxylic acids is 1. The van der Waals surface area contributed by atoms with Crippen LogP contribution in [0.25, 0.3) is 10.4 Å². The van der Waals surface area contributed by atoms with Gasteiger partial charge in [-0.2, -0.15) is 0 Å². The van der Waals surface area contributed by atoms with E-state index in [2.05, 4.69) is 11.9 Å². The SMILES string of the molecule is CC1CC1c1nc(C(=O)O)c(-c2ccccc2)s1. The van der Waals surface area contributed by atoms with Gasteiger partial charge in [-0.3, -0.25) is 0 Å². The van der Waals surface area contributed by atoms with Crippen molar-refractivity contribution in [2.24, 2.45) is 5.92 Å². The molecule has 2 aromatic rings. The van der Waals surface area contributed by atoms with E-state index in [1.807, 2.05) is 30.3 Å². The largest absolute Gasteiger partial charge is 0.476 e. The summed E-state index contributed by atoms with van der Waals surface area (Å²) in [5.74, 6) is 0.164. The first-order chi connectivity index (χ1) is 8.66. The van der Waals surface area contributed by atoms with Gasteiger partial charge in [0.05, 0.1) is 9.88 Å². The standard InChI is InChI=1S/C14H13NO2S/c1-8-7-10(8)13-15-11(14(16)17)12(18-13)9-5-3-2-4-6-9/h2-6,8,10H,7H2,1H3,(H,16,17). The summed E-state index contributed by atoms with van der Waals surface area (Å²) in [5.41, 5.74) is 1.13. The second-order valence-electron chi connectivity index (χ2n) is 4.72. The van der Waals surface area contributed by atoms with Crippen LogP contribution in [0.3, 0.4) is 0 Å². The molecule has 92 valence electrons. The van der Waals surface area contributed by atoms with E-state index in [1.54, 1.807) is 0 Å². The van der Waals surface area contributed by atoms with Gasteiger partial charge in [-0.25, -0.2) is 9.78 Å². The number of carboxylic acid groups (broad SMARTS) is 1. The Morgan fingerprint density at radius 1 is 1.39 bits per heavy atom. The van der Waals surface area contributed by atoms with Gasteiger partial charge in [-0.1, -0.05) is 37.3 Å². The fraction of sp³-hybridized carbons (Fsp3) is 0.286. The molecule has 0 spiro atoms. The maximum atomic E-state index is 11.3. The molecule has 1 fully saturated rings.